The van der Waals surface area contributed by atoms with E-state index in [0.717, 1.165) is 11.3 Å². The lowest BCUT2D eigenvalue weighted by atomic mass is 10.1. The van der Waals surface area contributed by atoms with E-state index < -0.39 is 10.0 Å². The van der Waals surface area contributed by atoms with Gasteiger partial charge >= 0.3 is 0 Å². The highest BCUT2D eigenvalue weighted by Gasteiger charge is 2.31. The first kappa shape index (κ1) is 19.3. The molecule has 0 N–H and O–H groups in total. The van der Waals surface area contributed by atoms with Crippen LogP contribution in [-0.2, 0) is 21.2 Å². The zero-order valence-corrected chi connectivity index (χ0v) is 16.3. The standard InChI is InChI=1S/C17H18ClFN2O3S2/c18-15-6-8-17(25-15)26(23,24)21-11-9-20(10-12-21)16(22)7-5-13-3-1-2-4-14(13)19/h1-4,6,8H,5,7,9-12H2. The van der Waals surface area contributed by atoms with Gasteiger partial charge in [-0.15, -0.1) is 11.3 Å². The van der Waals surface area contributed by atoms with Gasteiger partial charge in [-0.05, 0) is 30.2 Å². The van der Waals surface area contributed by atoms with Crippen molar-refractivity contribution in [2.45, 2.75) is 17.1 Å². The van der Waals surface area contributed by atoms with Gasteiger partial charge in [-0.25, -0.2) is 12.8 Å². The van der Waals surface area contributed by atoms with Crippen molar-refractivity contribution in [3.63, 3.8) is 0 Å². The molecule has 0 saturated carbocycles. The molecule has 2 aromatic rings. The van der Waals surface area contributed by atoms with E-state index in [1.165, 1.54) is 16.4 Å². The minimum absolute atomic E-state index is 0.0931. The number of carbonyl (C=O) groups is 1. The van der Waals surface area contributed by atoms with Gasteiger partial charge in [0.1, 0.15) is 10.0 Å². The van der Waals surface area contributed by atoms with E-state index in [0.29, 0.717) is 29.4 Å². The quantitative estimate of drug-likeness (QED) is 0.752. The number of rotatable bonds is 5. The third-order valence-corrected chi connectivity index (χ3v) is 7.90. The number of benzene rings is 1. The van der Waals surface area contributed by atoms with Crippen LogP contribution in [0.3, 0.4) is 0 Å². The van der Waals surface area contributed by atoms with Crippen molar-refractivity contribution < 1.29 is 17.6 Å². The molecule has 3 rings (SSSR count). The lowest BCUT2D eigenvalue weighted by molar-refractivity contribution is -0.132. The first-order valence-corrected chi connectivity index (χ1v) is 10.8. The molecule has 0 atom stereocenters. The molecule has 0 unspecified atom stereocenters. The molecule has 0 bridgehead atoms. The third-order valence-electron chi connectivity index (χ3n) is 4.30. The van der Waals surface area contributed by atoms with Crippen LogP contribution in [0, 0.1) is 5.82 Å². The molecule has 0 spiro atoms. The van der Waals surface area contributed by atoms with E-state index in [1.54, 1.807) is 29.2 Å². The Labute approximate surface area is 161 Å². The molecule has 1 aliphatic rings. The van der Waals surface area contributed by atoms with E-state index >= 15 is 0 Å². The summed E-state index contributed by atoms with van der Waals surface area (Å²) in [7, 11) is -3.57. The van der Waals surface area contributed by atoms with Gasteiger partial charge in [0.15, 0.2) is 0 Å². The predicted octanol–water partition coefficient (Wildman–Crippen LogP) is 3.01. The molecule has 140 valence electrons. The molecule has 1 aliphatic heterocycles. The van der Waals surface area contributed by atoms with Crippen LogP contribution in [0.4, 0.5) is 4.39 Å². The van der Waals surface area contributed by atoms with Gasteiger partial charge in [-0.3, -0.25) is 4.79 Å². The van der Waals surface area contributed by atoms with Gasteiger partial charge in [0.05, 0.1) is 4.34 Å². The highest BCUT2D eigenvalue weighted by molar-refractivity contribution is 7.91. The van der Waals surface area contributed by atoms with Crippen molar-refractivity contribution in [2.75, 3.05) is 26.2 Å². The highest BCUT2D eigenvalue weighted by atomic mass is 35.5. The summed E-state index contributed by atoms with van der Waals surface area (Å²) >= 11 is 6.84. The summed E-state index contributed by atoms with van der Waals surface area (Å²) in [5.41, 5.74) is 0.511. The second-order valence-corrected chi connectivity index (χ2v) is 9.81. The van der Waals surface area contributed by atoms with Crippen LogP contribution in [0.1, 0.15) is 12.0 Å². The Kier molecular flexibility index (Phi) is 5.96. The van der Waals surface area contributed by atoms with E-state index in [1.807, 2.05) is 0 Å². The number of halogens is 2. The zero-order chi connectivity index (χ0) is 18.7. The van der Waals surface area contributed by atoms with Crippen LogP contribution >= 0.6 is 22.9 Å². The van der Waals surface area contributed by atoms with Gasteiger partial charge < -0.3 is 4.90 Å². The Morgan fingerprint density at radius 2 is 1.81 bits per heavy atom. The Morgan fingerprint density at radius 3 is 2.42 bits per heavy atom. The summed E-state index contributed by atoms with van der Waals surface area (Å²) in [4.78, 5) is 14.0. The van der Waals surface area contributed by atoms with Gasteiger partial charge in [0.25, 0.3) is 10.0 Å². The SMILES string of the molecule is O=C(CCc1ccccc1F)N1CCN(S(=O)(=O)c2ccc(Cl)s2)CC1. The highest BCUT2D eigenvalue weighted by Crippen LogP contribution is 2.28. The average molecular weight is 417 g/mol. The van der Waals surface area contributed by atoms with Crippen molar-refractivity contribution in [3.8, 4) is 0 Å². The van der Waals surface area contributed by atoms with Crippen molar-refractivity contribution >= 4 is 38.9 Å². The number of hydrogen-bond donors (Lipinski definition) is 0. The molecule has 0 aliphatic carbocycles. The fourth-order valence-corrected chi connectivity index (χ4v) is 5.90. The van der Waals surface area contributed by atoms with Gasteiger partial charge in [0, 0.05) is 32.6 Å². The second kappa shape index (κ2) is 8.04. The Hall–Kier alpha value is -1.48. The molecule has 9 heteroatoms. The maximum absolute atomic E-state index is 13.6. The normalized spacial score (nSPS) is 16.0. The van der Waals surface area contributed by atoms with Crippen LogP contribution in [0.2, 0.25) is 4.34 Å². The molecule has 1 saturated heterocycles. The fourth-order valence-electron chi connectivity index (χ4n) is 2.84. The Balaban J connectivity index is 1.55. The van der Waals surface area contributed by atoms with Crippen molar-refractivity contribution in [3.05, 3.63) is 52.1 Å². The van der Waals surface area contributed by atoms with Gasteiger partial charge in [-0.2, -0.15) is 4.31 Å². The lowest BCUT2D eigenvalue weighted by Crippen LogP contribution is -2.50. The molecular formula is C17H18ClFN2O3S2. The minimum atomic E-state index is -3.57. The Morgan fingerprint density at radius 1 is 1.12 bits per heavy atom. The number of amides is 1. The number of sulfonamides is 1. The molecular weight excluding hydrogens is 399 g/mol. The van der Waals surface area contributed by atoms with E-state index in [2.05, 4.69) is 0 Å². The van der Waals surface area contributed by atoms with Crippen molar-refractivity contribution in [2.24, 2.45) is 0 Å². The molecule has 2 heterocycles. The summed E-state index contributed by atoms with van der Waals surface area (Å²) in [6.07, 6.45) is 0.534. The van der Waals surface area contributed by atoms with Crippen molar-refractivity contribution in [1.82, 2.24) is 9.21 Å². The third kappa shape index (κ3) is 4.25. The number of nitrogens with zero attached hydrogens (tertiary/aromatic N) is 2. The van der Waals surface area contributed by atoms with Gasteiger partial charge in [-0.1, -0.05) is 29.8 Å². The zero-order valence-electron chi connectivity index (χ0n) is 13.9. The fraction of sp³-hybridized carbons (Fsp3) is 0.353. The average Bonchev–Trinajstić information content (AvgIpc) is 3.08. The molecule has 1 aromatic heterocycles. The first-order chi connectivity index (χ1) is 12.4. The second-order valence-electron chi connectivity index (χ2n) is 5.93. The number of piperazine rings is 1. The molecule has 1 aromatic carbocycles. The van der Waals surface area contributed by atoms with Crippen LogP contribution in [-0.4, -0.2) is 49.7 Å². The largest absolute Gasteiger partial charge is 0.340 e. The summed E-state index contributed by atoms with van der Waals surface area (Å²) in [5.74, 6) is -0.407. The topological polar surface area (TPSA) is 57.7 Å². The molecule has 0 radical (unpaired) electrons. The smallest absolute Gasteiger partial charge is 0.252 e. The van der Waals surface area contributed by atoms with E-state index in [-0.39, 0.29) is 35.4 Å². The summed E-state index contributed by atoms with van der Waals surface area (Å²) in [5, 5.41) is 0. The summed E-state index contributed by atoms with van der Waals surface area (Å²) in [6.45, 7) is 1.13. The minimum Gasteiger partial charge on any atom is -0.340 e. The Bertz CT molecular complexity index is 893. The number of hydrogen-bond acceptors (Lipinski definition) is 4. The number of carbonyl (C=O) groups excluding carboxylic acids is 1. The molecule has 1 amide bonds. The van der Waals surface area contributed by atoms with Crippen molar-refractivity contribution in [1.29, 1.82) is 0 Å². The monoisotopic (exact) mass is 416 g/mol. The molecule has 5 nitrogen and oxygen atoms in total. The first-order valence-electron chi connectivity index (χ1n) is 8.14. The van der Waals surface area contributed by atoms with Gasteiger partial charge in [0.2, 0.25) is 5.91 Å². The maximum atomic E-state index is 13.6. The lowest BCUT2D eigenvalue weighted by Gasteiger charge is -2.33. The number of thiophene rings is 1. The summed E-state index contributed by atoms with van der Waals surface area (Å²) in [6, 6.07) is 9.44. The summed E-state index contributed by atoms with van der Waals surface area (Å²) < 4.78 is 40.7. The van der Waals surface area contributed by atoms with Crippen LogP contribution in [0.25, 0.3) is 0 Å². The molecule has 26 heavy (non-hydrogen) atoms. The number of aryl methyl sites for hydroxylation is 1. The van der Waals surface area contributed by atoms with Crippen LogP contribution < -0.4 is 0 Å². The molecule has 1 fully saturated rings. The van der Waals surface area contributed by atoms with E-state index in [9.17, 15) is 17.6 Å². The van der Waals surface area contributed by atoms with Crippen LogP contribution in [0.5, 0.6) is 0 Å². The maximum Gasteiger partial charge on any atom is 0.252 e. The predicted molar refractivity (Wildman–Crippen MR) is 99.4 cm³/mol. The van der Waals surface area contributed by atoms with Crippen LogP contribution in [0.15, 0.2) is 40.6 Å². The van der Waals surface area contributed by atoms with E-state index in [4.69, 9.17) is 11.6 Å².